The molecule has 4 heterocycles. The van der Waals surface area contributed by atoms with Gasteiger partial charge in [-0.05, 0) is 38.0 Å². The first kappa shape index (κ1) is 29.2. The fourth-order valence-corrected chi connectivity index (χ4v) is 5.80. The van der Waals surface area contributed by atoms with Gasteiger partial charge in [0.15, 0.2) is 0 Å². The third-order valence-electron chi connectivity index (χ3n) is 7.54. The van der Waals surface area contributed by atoms with Crippen molar-refractivity contribution < 1.29 is 23.0 Å². The van der Waals surface area contributed by atoms with Crippen molar-refractivity contribution in [2.24, 2.45) is 11.7 Å². The predicted molar refractivity (Wildman–Crippen MR) is 154 cm³/mol. The number of carbonyl (C=O) groups is 1. The molecule has 0 unspecified atom stereocenters. The number of benzene rings is 1. The fraction of sp³-hybridized carbons (Fsp3) is 0.400. The first-order valence-electron chi connectivity index (χ1n) is 13.8. The molecule has 0 radical (unpaired) electrons. The number of halogens is 2. The second kappa shape index (κ2) is 11.9. The minimum Gasteiger partial charge on any atom is -0.491 e. The molecule has 1 saturated heterocycles. The van der Waals surface area contributed by atoms with Gasteiger partial charge in [-0.15, -0.1) is 0 Å². The molecule has 1 fully saturated rings. The maximum Gasteiger partial charge on any atom is 0.409 e. The molecule has 3 atom stereocenters. The SMILES string of the molecule is COC(=O)N(C)[C@@H]1[C@H](N)CN(c2ccncc2Cc2ncc3ccc(-c4c(F)cc(OC(C)C)cc4F)nn23)C[C@@H]1C. The fourth-order valence-electron chi connectivity index (χ4n) is 5.80. The molecular formula is C30H35F2N7O3. The van der Waals surface area contributed by atoms with Crippen LogP contribution in [0, 0.1) is 17.6 Å². The summed E-state index contributed by atoms with van der Waals surface area (Å²) in [5.74, 6) is -0.759. The number of hydrogen-bond donors (Lipinski definition) is 1. The van der Waals surface area contributed by atoms with E-state index in [1.54, 1.807) is 61.0 Å². The maximum atomic E-state index is 15.0. The number of aromatic nitrogens is 4. The van der Waals surface area contributed by atoms with Crippen LogP contribution in [0.4, 0.5) is 19.3 Å². The van der Waals surface area contributed by atoms with Crippen molar-refractivity contribution in [2.45, 2.75) is 45.4 Å². The van der Waals surface area contributed by atoms with E-state index < -0.39 is 17.7 Å². The molecule has 4 aromatic rings. The van der Waals surface area contributed by atoms with Gasteiger partial charge in [-0.25, -0.2) is 23.1 Å². The Kier molecular flexibility index (Phi) is 8.26. The Morgan fingerprint density at radius 3 is 2.57 bits per heavy atom. The number of nitrogens with two attached hydrogens (primary N) is 1. The lowest BCUT2D eigenvalue weighted by molar-refractivity contribution is 0.0905. The summed E-state index contributed by atoms with van der Waals surface area (Å²) in [4.78, 5) is 24.8. The van der Waals surface area contributed by atoms with Crippen LogP contribution in [0.2, 0.25) is 0 Å². The third-order valence-corrected chi connectivity index (χ3v) is 7.54. The average molecular weight is 580 g/mol. The van der Waals surface area contributed by atoms with Gasteiger partial charge in [-0.3, -0.25) is 4.98 Å². The summed E-state index contributed by atoms with van der Waals surface area (Å²) in [5.41, 5.74) is 8.99. The van der Waals surface area contributed by atoms with Crippen molar-refractivity contribution in [2.75, 3.05) is 32.1 Å². The van der Waals surface area contributed by atoms with Crippen molar-refractivity contribution >= 4 is 17.3 Å². The molecule has 5 rings (SSSR count). The van der Waals surface area contributed by atoms with Crippen LogP contribution in [0.25, 0.3) is 16.8 Å². The molecule has 1 aliphatic rings. The quantitative estimate of drug-likeness (QED) is 0.345. The van der Waals surface area contributed by atoms with E-state index in [2.05, 4.69) is 26.9 Å². The summed E-state index contributed by atoms with van der Waals surface area (Å²) in [6.07, 6.45) is 4.89. The van der Waals surface area contributed by atoms with E-state index in [0.29, 0.717) is 30.9 Å². The molecule has 1 amide bonds. The van der Waals surface area contributed by atoms with Crippen molar-refractivity contribution in [3.05, 3.63) is 71.9 Å². The van der Waals surface area contributed by atoms with Crippen molar-refractivity contribution in [1.29, 1.82) is 0 Å². The van der Waals surface area contributed by atoms with Crippen LogP contribution < -0.4 is 15.4 Å². The molecule has 42 heavy (non-hydrogen) atoms. The van der Waals surface area contributed by atoms with E-state index >= 15 is 8.78 Å². The molecule has 10 nitrogen and oxygen atoms in total. The zero-order valence-corrected chi connectivity index (χ0v) is 24.3. The van der Waals surface area contributed by atoms with E-state index in [0.717, 1.165) is 11.3 Å². The van der Waals surface area contributed by atoms with Gasteiger partial charge in [0.2, 0.25) is 0 Å². The summed E-state index contributed by atoms with van der Waals surface area (Å²) >= 11 is 0. The number of amides is 1. The summed E-state index contributed by atoms with van der Waals surface area (Å²) < 4.78 is 42.0. The molecule has 12 heteroatoms. The zero-order chi connectivity index (χ0) is 30.1. The number of likely N-dealkylation sites (N-methyl/N-ethyl adjacent to an activating group) is 1. The molecule has 222 valence electrons. The number of methoxy groups -OCH3 is 1. The number of imidazole rings is 1. The smallest absolute Gasteiger partial charge is 0.409 e. The van der Waals surface area contributed by atoms with Gasteiger partial charge in [0.25, 0.3) is 0 Å². The van der Waals surface area contributed by atoms with E-state index in [9.17, 15) is 4.79 Å². The van der Waals surface area contributed by atoms with Crippen LogP contribution in [0.3, 0.4) is 0 Å². The summed E-state index contributed by atoms with van der Waals surface area (Å²) in [6, 6.07) is 7.07. The highest BCUT2D eigenvalue weighted by Gasteiger charge is 2.38. The van der Waals surface area contributed by atoms with Crippen LogP contribution >= 0.6 is 0 Å². The standard InChI is InChI=1S/C30H35F2N7O3/c1-17(2)42-21-11-22(31)28(23(32)12-21)25-7-6-20-14-35-27(39(20)36-25)10-19-13-34-9-8-26(19)38-15-18(3)29(24(33)16-38)37(4)30(40)41-5/h6-9,11-14,17-18,24,29H,10,15-16,33H2,1-5H3/t18-,24+,29-/m0/s1. The van der Waals surface area contributed by atoms with Crippen LogP contribution in [0.5, 0.6) is 5.75 Å². The molecule has 0 bridgehead atoms. The van der Waals surface area contributed by atoms with Gasteiger partial charge in [0.05, 0.1) is 42.2 Å². The molecule has 1 aliphatic heterocycles. The Hall–Kier alpha value is -4.32. The molecule has 2 N–H and O–H groups in total. The third kappa shape index (κ3) is 5.71. The highest BCUT2D eigenvalue weighted by Crippen LogP contribution is 2.31. The monoisotopic (exact) mass is 579 g/mol. The number of nitrogens with zero attached hydrogens (tertiary/aromatic N) is 6. The van der Waals surface area contributed by atoms with Gasteiger partial charge in [0.1, 0.15) is 23.2 Å². The lowest BCUT2D eigenvalue weighted by atomic mass is 9.88. The number of ether oxygens (including phenoxy) is 2. The van der Waals surface area contributed by atoms with Crippen molar-refractivity contribution in [3.8, 4) is 17.0 Å². The molecule has 3 aromatic heterocycles. The van der Waals surface area contributed by atoms with E-state index in [-0.39, 0.29) is 41.1 Å². The summed E-state index contributed by atoms with van der Waals surface area (Å²) in [5, 5.41) is 4.56. The lowest BCUT2D eigenvalue weighted by Crippen LogP contribution is -2.62. The number of anilines is 1. The van der Waals surface area contributed by atoms with Crippen LogP contribution in [0.15, 0.2) is 48.9 Å². The second-order valence-electron chi connectivity index (χ2n) is 11.0. The number of rotatable bonds is 7. The highest BCUT2D eigenvalue weighted by molar-refractivity contribution is 5.68. The number of hydrogen-bond acceptors (Lipinski definition) is 8. The molecule has 0 spiro atoms. The van der Waals surface area contributed by atoms with Gasteiger partial charge < -0.3 is 25.0 Å². The molecular weight excluding hydrogens is 544 g/mol. The van der Waals surface area contributed by atoms with Crippen molar-refractivity contribution in [1.82, 2.24) is 24.5 Å². The van der Waals surface area contributed by atoms with Gasteiger partial charge in [0, 0.05) is 68.4 Å². The maximum absolute atomic E-state index is 15.0. The minimum atomic E-state index is -0.764. The average Bonchev–Trinajstić information content (AvgIpc) is 3.33. The number of fused-ring (bicyclic) bond motifs is 1. The Morgan fingerprint density at radius 1 is 1.17 bits per heavy atom. The Morgan fingerprint density at radius 2 is 1.90 bits per heavy atom. The minimum absolute atomic E-state index is 0.0671. The largest absolute Gasteiger partial charge is 0.491 e. The van der Waals surface area contributed by atoms with E-state index in [4.69, 9.17) is 15.2 Å². The molecule has 0 aliphatic carbocycles. The number of carbonyl (C=O) groups excluding carboxylic acids is 1. The topological polar surface area (TPSA) is 111 Å². The Balaban J connectivity index is 1.43. The van der Waals surface area contributed by atoms with Crippen LogP contribution in [0.1, 0.15) is 32.2 Å². The van der Waals surface area contributed by atoms with E-state index in [1.807, 2.05) is 6.07 Å². The molecule has 0 saturated carbocycles. The zero-order valence-electron chi connectivity index (χ0n) is 24.3. The second-order valence-corrected chi connectivity index (χ2v) is 11.0. The van der Waals surface area contributed by atoms with Crippen LogP contribution in [-0.4, -0.2) is 76.0 Å². The number of piperidine rings is 1. The van der Waals surface area contributed by atoms with Crippen LogP contribution in [-0.2, 0) is 11.2 Å². The Bertz CT molecular complexity index is 1560. The lowest BCUT2D eigenvalue weighted by Gasteiger charge is -2.45. The summed E-state index contributed by atoms with van der Waals surface area (Å²) in [6.45, 7) is 6.82. The van der Waals surface area contributed by atoms with E-state index in [1.165, 1.54) is 19.2 Å². The van der Waals surface area contributed by atoms with Crippen molar-refractivity contribution in [3.63, 3.8) is 0 Å². The Labute approximate surface area is 243 Å². The van der Waals surface area contributed by atoms with Gasteiger partial charge >= 0.3 is 6.09 Å². The normalized spacial score (nSPS) is 18.9. The summed E-state index contributed by atoms with van der Waals surface area (Å²) in [7, 11) is 3.06. The predicted octanol–water partition coefficient (Wildman–Crippen LogP) is 4.30. The highest BCUT2D eigenvalue weighted by atomic mass is 19.1. The molecule has 1 aromatic carbocycles. The first-order valence-corrected chi connectivity index (χ1v) is 13.8. The van der Waals surface area contributed by atoms with Gasteiger partial charge in [-0.2, -0.15) is 5.10 Å². The number of pyridine rings is 1. The van der Waals surface area contributed by atoms with Gasteiger partial charge in [-0.1, -0.05) is 6.92 Å². The first-order chi connectivity index (χ1) is 20.1.